The Morgan fingerprint density at radius 2 is 1.92 bits per heavy atom. The highest BCUT2D eigenvalue weighted by molar-refractivity contribution is 5.38. The molecule has 0 radical (unpaired) electrons. The number of ether oxygens (including phenoxy) is 1. The highest BCUT2D eigenvalue weighted by Gasteiger charge is 2.31. The lowest BCUT2D eigenvalue weighted by molar-refractivity contribution is -0.137. The molecular weight excluding hydrogens is 341 g/mol. The predicted molar refractivity (Wildman–Crippen MR) is 95.0 cm³/mol. The molecule has 2 unspecified atom stereocenters. The average molecular weight is 364 g/mol. The van der Waals surface area contributed by atoms with Crippen LogP contribution in [0.1, 0.15) is 35.6 Å². The zero-order valence-electron chi connectivity index (χ0n) is 14.6. The predicted octanol–water partition coefficient (Wildman–Crippen LogP) is 4.30. The zero-order chi connectivity index (χ0) is 18.6. The van der Waals surface area contributed by atoms with Crippen molar-refractivity contribution in [2.45, 2.75) is 37.6 Å². The molecule has 1 aliphatic rings. The lowest BCUT2D eigenvalue weighted by Crippen LogP contribution is -2.45. The Morgan fingerprint density at radius 1 is 1.15 bits per heavy atom. The Bertz CT molecular complexity index is 719. The van der Waals surface area contributed by atoms with E-state index in [9.17, 15) is 13.2 Å². The quantitative estimate of drug-likeness (QED) is 0.830. The summed E-state index contributed by atoms with van der Waals surface area (Å²) in [6.07, 6.45) is -2.37. The van der Waals surface area contributed by atoms with Crippen LogP contribution < -0.4 is 15.4 Å². The minimum atomic E-state index is -4.36. The van der Waals surface area contributed by atoms with Gasteiger partial charge < -0.3 is 15.4 Å². The molecule has 2 atom stereocenters. The molecule has 26 heavy (non-hydrogen) atoms. The van der Waals surface area contributed by atoms with Gasteiger partial charge in [0, 0.05) is 24.2 Å². The van der Waals surface area contributed by atoms with Gasteiger partial charge in [-0.2, -0.15) is 13.2 Å². The van der Waals surface area contributed by atoms with E-state index < -0.39 is 11.7 Å². The van der Waals surface area contributed by atoms with Crippen LogP contribution in [0.5, 0.6) is 5.75 Å². The molecule has 1 heterocycles. The molecule has 0 aromatic heterocycles. The summed E-state index contributed by atoms with van der Waals surface area (Å²) in [4.78, 5) is 0. The van der Waals surface area contributed by atoms with E-state index in [-0.39, 0.29) is 12.1 Å². The molecule has 3 nitrogen and oxygen atoms in total. The monoisotopic (exact) mass is 364 g/mol. The molecule has 2 N–H and O–H groups in total. The van der Waals surface area contributed by atoms with Gasteiger partial charge in [0.2, 0.25) is 0 Å². The fourth-order valence-electron chi connectivity index (χ4n) is 3.45. The molecule has 0 aliphatic carbocycles. The minimum absolute atomic E-state index is 0.141. The first-order valence-electron chi connectivity index (χ1n) is 8.75. The maximum absolute atomic E-state index is 13.0. The van der Waals surface area contributed by atoms with E-state index in [2.05, 4.69) is 22.8 Å². The Morgan fingerprint density at radius 3 is 2.62 bits per heavy atom. The first kappa shape index (κ1) is 18.7. The van der Waals surface area contributed by atoms with Gasteiger partial charge in [-0.05, 0) is 43.1 Å². The summed E-state index contributed by atoms with van der Waals surface area (Å²) in [6, 6.07) is 14.0. The van der Waals surface area contributed by atoms with Gasteiger partial charge in [0.1, 0.15) is 5.75 Å². The van der Waals surface area contributed by atoms with Gasteiger partial charge in [-0.15, -0.1) is 0 Å². The van der Waals surface area contributed by atoms with Crippen LogP contribution in [0.25, 0.3) is 0 Å². The Labute approximate surface area is 151 Å². The summed E-state index contributed by atoms with van der Waals surface area (Å²) in [5.41, 5.74) is 1.04. The molecule has 0 amide bonds. The highest BCUT2D eigenvalue weighted by Crippen LogP contribution is 2.33. The third-order valence-electron chi connectivity index (χ3n) is 4.78. The topological polar surface area (TPSA) is 33.3 Å². The van der Waals surface area contributed by atoms with Crippen molar-refractivity contribution in [1.29, 1.82) is 0 Å². The number of nitrogens with one attached hydrogen (secondary N) is 2. The van der Waals surface area contributed by atoms with Crippen molar-refractivity contribution >= 4 is 0 Å². The highest BCUT2D eigenvalue weighted by atomic mass is 19.4. The largest absolute Gasteiger partial charge is 0.496 e. The van der Waals surface area contributed by atoms with Gasteiger partial charge in [0.15, 0.2) is 0 Å². The van der Waals surface area contributed by atoms with E-state index in [1.54, 1.807) is 0 Å². The summed E-state index contributed by atoms with van der Waals surface area (Å²) in [5.74, 6) is 0.463. The second-order valence-corrected chi connectivity index (χ2v) is 6.50. The molecule has 0 saturated carbocycles. The van der Waals surface area contributed by atoms with E-state index in [0.29, 0.717) is 17.9 Å². The van der Waals surface area contributed by atoms with E-state index >= 15 is 0 Å². The normalized spacial score (nSPS) is 20.8. The van der Waals surface area contributed by atoms with Crippen molar-refractivity contribution in [2.24, 2.45) is 0 Å². The third-order valence-corrected chi connectivity index (χ3v) is 4.78. The van der Waals surface area contributed by atoms with Crippen molar-refractivity contribution in [2.75, 3.05) is 13.7 Å². The number of piperidine rings is 1. The molecule has 1 fully saturated rings. The molecule has 2 aromatic rings. The first-order valence-corrected chi connectivity index (χ1v) is 8.75. The van der Waals surface area contributed by atoms with Gasteiger partial charge in [-0.3, -0.25) is 0 Å². The number of benzene rings is 2. The molecule has 6 heteroatoms. The fraction of sp³-hybridized carbons (Fsp3) is 0.400. The number of methoxy groups -OCH3 is 1. The van der Waals surface area contributed by atoms with Crippen LogP contribution >= 0.6 is 0 Å². The Kier molecular flexibility index (Phi) is 5.84. The number of hydrogen-bond acceptors (Lipinski definition) is 3. The number of alkyl halides is 3. The van der Waals surface area contributed by atoms with Gasteiger partial charge >= 0.3 is 6.18 Å². The molecule has 3 rings (SSSR count). The minimum Gasteiger partial charge on any atom is -0.496 e. The number of halogens is 3. The van der Waals surface area contributed by atoms with Crippen molar-refractivity contribution in [3.05, 3.63) is 65.2 Å². The van der Waals surface area contributed by atoms with Crippen molar-refractivity contribution < 1.29 is 17.9 Å². The van der Waals surface area contributed by atoms with Gasteiger partial charge in [-0.25, -0.2) is 0 Å². The summed E-state index contributed by atoms with van der Waals surface area (Å²) >= 11 is 0. The molecule has 2 aromatic carbocycles. The molecule has 1 aliphatic heterocycles. The van der Waals surface area contributed by atoms with Crippen LogP contribution in [0, 0.1) is 0 Å². The molecular formula is C20H23F3N2O. The van der Waals surface area contributed by atoms with Crippen LogP contribution in [0.3, 0.4) is 0 Å². The molecule has 0 spiro atoms. The van der Waals surface area contributed by atoms with Crippen molar-refractivity contribution in [3.8, 4) is 5.75 Å². The SMILES string of the molecule is COc1ccc(C(F)(F)F)cc1CNC1CCCNC1c1ccccc1. The van der Waals surface area contributed by atoms with Gasteiger partial charge in [-0.1, -0.05) is 30.3 Å². The zero-order valence-corrected chi connectivity index (χ0v) is 14.6. The average Bonchev–Trinajstić information content (AvgIpc) is 2.66. The van der Waals surface area contributed by atoms with Crippen LogP contribution in [-0.2, 0) is 12.7 Å². The van der Waals surface area contributed by atoms with Gasteiger partial charge in [0.05, 0.1) is 12.7 Å². The smallest absolute Gasteiger partial charge is 0.416 e. The van der Waals surface area contributed by atoms with Crippen LogP contribution in [0.15, 0.2) is 48.5 Å². The van der Waals surface area contributed by atoms with Crippen molar-refractivity contribution in [3.63, 3.8) is 0 Å². The van der Waals surface area contributed by atoms with Crippen molar-refractivity contribution in [1.82, 2.24) is 10.6 Å². The maximum Gasteiger partial charge on any atom is 0.416 e. The fourth-order valence-corrected chi connectivity index (χ4v) is 3.45. The Balaban J connectivity index is 1.76. The first-order chi connectivity index (χ1) is 12.5. The molecule has 1 saturated heterocycles. The lowest BCUT2D eigenvalue weighted by atomic mass is 9.92. The van der Waals surface area contributed by atoms with Crippen LogP contribution in [0.4, 0.5) is 13.2 Å². The summed E-state index contributed by atoms with van der Waals surface area (Å²) < 4.78 is 44.3. The summed E-state index contributed by atoms with van der Waals surface area (Å²) in [6.45, 7) is 1.26. The lowest BCUT2D eigenvalue weighted by Gasteiger charge is -2.34. The standard InChI is InChI=1S/C20H23F3N2O/c1-26-18-10-9-16(20(21,22)23)12-15(18)13-25-17-8-5-11-24-19(17)14-6-3-2-4-7-14/h2-4,6-7,9-10,12,17,19,24-25H,5,8,11,13H2,1H3. The van der Waals surface area contributed by atoms with Gasteiger partial charge in [0.25, 0.3) is 0 Å². The second-order valence-electron chi connectivity index (χ2n) is 6.50. The Hall–Kier alpha value is -2.05. The molecule has 140 valence electrons. The van der Waals surface area contributed by atoms with Crippen LogP contribution in [0.2, 0.25) is 0 Å². The summed E-state index contributed by atoms with van der Waals surface area (Å²) in [7, 11) is 1.47. The third kappa shape index (κ3) is 4.37. The maximum atomic E-state index is 13.0. The number of hydrogen-bond donors (Lipinski definition) is 2. The second kappa shape index (κ2) is 8.10. The van der Waals surface area contributed by atoms with E-state index in [1.807, 2.05) is 18.2 Å². The molecule has 0 bridgehead atoms. The van der Waals surface area contributed by atoms with E-state index in [4.69, 9.17) is 4.74 Å². The van der Waals surface area contributed by atoms with E-state index in [0.717, 1.165) is 25.5 Å². The number of rotatable bonds is 5. The van der Waals surface area contributed by atoms with Crippen LogP contribution in [-0.4, -0.2) is 19.7 Å². The summed E-state index contributed by atoms with van der Waals surface area (Å²) in [5, 5.41) is 6.94. The van der Waals surface area contributed by atoms with E-state index in [1.165, 1.54) is 24.8 Å².